The molecule has 0 spiro atoms. The number of imide groups is 1. The molecule has 0 radical (unpaired) electrons. The van der Waals surface area contributed by atoms with Crippen LogP contribution in [0.1, 0.15) is 31.2 Å². The average molecular weight is 406 g/mol. The first kappa shape index (κ1) is 22.1. The van der Waals surface area contributed by atoms with E-state index < -0.39 is 24.5 Å². The zero-order chi connectivity index (χ0) is 21.2. The number of hydrogen-bond acceptors (Lipinski definition) is 7. The van der Waals surface area contributed by atoms with Crippen molar-refractivity contribution in [1.82, 2.24) is 10.6 Å². The number of ether oxygens (including phenoxy) is 4. The Balaban J connectivity index is 1.84. The summed E-state index contributed by atoms with van der Waals surface area (Å²) < 4.78 is 20.6. The molecule has 1 aliphatic rings. The molecule has 29 heavy (non-hydrogen) atoms. The minimum Gasteiger partial charge on any atom is -0.493 e. The van der Waals surface area contributed by atoms with Gasteiger partial charge in [0.2, 0.25) is 5.75 Å². The van der Waals surface area contributed by atoms with Crippen LogP contribution < -0.4 is 24.8 Å². The third-order valence-corrected chi connectivity index (χ3v) is 4.39. The number of urea groups is 1. The average Bonchev–Trinajstić information content (AvgIpc) is 3.22. The normalized spacial score (nSPS) is 13.8. The van der Waals surface area contributed by atoms with E-state index in [0.29, 0.717) is 22.8 Å². The van der Waals surface area contributed by atoms with E-state index in [1.165, 1.54) is 27.4 Å². The van der Waals surface area contributed by atoms with Crippen molar-refractivity contribution in [2.75, 3.05) is 27.9 Å². The molecule has 9 heteroatoms. The van der Waals surface area contributed by atoms with Crippen LogP contribution in [0, 0.1) is 0 Å². The minimum absolute atomic E-state index is 0.0896. The van der Waals surface area contributed by atoms with Gasteiger partial charge in [-0.3, -0.25) is 10.1 Å². The molecule has 0 atom stereocenters. The Kier molecular flexibility index (Phi) is 8.32. The molecule has 1 saturated carbocycles. The van der Waals surface area contributed by atoms with Gasteiger partial charge in [0.1, 0.15) is 0 Å². The monoisotopic (exact) mass is 406 g/mol. The summed E-state index contributed by atoms with van der Waals surface area (Å²) in [7, 11) is 4.47. The van der Waals surface area contributed by atoms with E-state index in [-0.39, 0.29) is 6.04 Å². The van der Waals surface area contributed by atoms with Crippen LogP contribution in [0.15, 0.2) is 18.2 Å². The summed E-state index contributed by atoms with van der Waals surface area (Å²) in [5.41, 5.74) is 0.608. The quantitative estimate of drug-likeness (QED) is 0.502. The van der Waals surface area contributed by atoms with Gasteiger partial charge in [-0.2, -0.15) is 0 Å². The Morgan fingerprint density at radius 2 is 1.66 bits per heavy atom. The van der Waals surface area contributed by atoms with Crippen LogP contribution >= 0.6 is 0 Å². The minimum atomic E-state index is -0.731. The maximum atomic E-state index is 11.8. The standard InChI is InChI=1S/C20H26N2O7/c1-26-15-10-13(11-16(27-2)19(15)28-3)8-9-18(24)29-12-17(23)22-20(25)21-14-6-4-5-7-14/h8-11,14H,4-7,12H2,1-3H3,(H2,21,22,23,25). The fourth-order valence-electron chi connectivity index (χ4n) is 3.00. The van der Waals surface area contributed by atoms with Crippen molar-refractivity contribution >= 4 is 24.0 Å². The maximum absolute atomic E-state index is 11.8. The molecule has 0 heterocycles. The summed E-state index contributed by atoms with van der Waals surface area (Å²) in [5, 5.41) is 4.86. The van der Waals surface area contributed by atoms with Crippen LogP contribution in [-0.2, 0) is 14.3 Å². The number of carbonyl (C=O) groups is 3. The van der Waals surface area contributed by atoms with E-state index in [0.717, 1.165) is 31.8 Å². The second-order valence-corrected chi connectivity index (χ2v) is 6.40. The highest BCUT2D eigenvalue weighted by atomic mass is 16.5. The third kappa shape index (κ3) is 6.70. The Bertz CT molecular complexity index is 745. The first-order chi connectivity index (χ1) is 14.0. The number of amides is 3. The molecule has 0 bridgehead atoms. The zero-order valence-corrected chi connectivity index (χ0v) is 16.8. The third-order valence-electron chi connectivity index (χ3n) is 4.39. The van der Waals surface area contributed by atoms with Crippen molar-refractivity contribution in [3.8, 4) is 17.2 Å². The van der Waals surface area contributed by atoms with Gasteiger partial charge in [0, 0.05) is 12.1 Å². The molecule has 0 saturated heterocycles. The summed E-state index contributed by atoms with van der Waals surface area (Å²) >= 11 is 0. The van der Waals surface area contributed by atoms with Crippen LogP contribution in [0.25, 0.3) is 6.08 Å². The number of hydrogen-bond donors (Lipinski definition) is 2. The molecule has 0 aromatic heterocycles. The van der Waals surface area contributed by atoms with Crippen LogP contribution in [0.4, 0.5) is 4.79 Å². The lowest BCUT2D eigenvalue weighted by molar-refractivity contribution is -0.143. The van der Waals surface area contributed by atoms with Gasteiger partial charge < -0.3 is 24.3 Å². The number of carbonyl (C=O) groups excluding carboxylic acids is 3. The fourth-order valence-corrected chi connectivity index (χ4v) is 3.00. The van der Waals surface area contributed by atoms with Crippen molar-refractivity contribution in [2.45, 2.75) is 31.7 Å². The van der Waals surface area contributed by atoms with Gasteiger partial charge in [0.25, 0.3) is 5.91 Å². The molecule has 158 valence electrons. The molecule has 1 fully saturated rings. The molecule has 1 aromatic carbocycles. The van der Waals surface area contributed by atoms with Crippen LogP contribution in [0.2, 0.25) is 0 Å². The number of rotatable bonds is 8. The molecule has 3 amide bonds. The highest BCUT2D eigenvalue weighted by Crippen LogP contribution is 2.38. The maximum Gasteiger partial charge on any atom is 0.331 e. The molecule has 1 aromatic rings. The molecule has 2 N–H and O–H groups in total. The number of methoxy groups -OCH3 is 3. The van der Waals surface area contributed by atoms with Gasteiger partial charge in [-0.1, -0.05) is 12.8 Å². The van der Waals surface area contributed by atoms with Crippen molar-refractivity contribution in [1.29, 1.82) is 0 Å². The van der Waals surface area contributed by atoms with Gasteiger partial charge in [-0.05, 0) is 36.6 Å². The largest absolute Gasteiger partial charge is 0.493 e. The lowest BCUT2D eigenvalue weighted by Crippen LogP contribution is -2.44. The molecule has 0 aliphatic heterocycles. The SMILES string of the molecule is COc1cc(C=CC(=O)OCC(=O)NC(=O)NC2CCCC2)cc(OC)c1OC. The van der Waals surface area contributed by atoms with Crippen LogP contribution in [-0.4, -0.2) is 51.9 Å². The van der Waals surface area contributed by atoms with Gasteiger partial charge in [0.05, 0.1) is 21.3 Å². The highest BCUT2D eigenvalue weighted by molar-refractivity contribution is 5.96. The van der Waals surface area contributed by atoms with E-state index in [4.69, 9.17) is 18.9 Å². The molecule has 1 aliphatic carbocycles. The summed E-state index contributed by atoms with van der Waals surface area (Å²) in [4.78, 5) is 35.3. The molecule has 0 unspecified atom stereocenters. The topological polar surface area (TPSA) is 112 Å². The van der Waals surface area contributed by atoms with Gasteiger partial charge in [-0.25, -0.2) is 9.59 Å². The van der Waals surface area contributed by atoms with Crippen molar-refractivity contribution in [3.63, 3.8) is 0 Å². The van der Waals surface area contributed by atoms with E-state index in [2.05, 4.69) is 10.6 Å². The van der Waals surface area contributed by atoms with Gasteiger partial charge in [-0.15, -0.1) is 0 Å². The van der Waals surface area contributed by atoms with Gasteiger partial charge in [0.15, 0.2) is 18.1 Å². The lowest BCUT2D eigenvalue weighted by atomic mass is 10.1. The van der Waals surface area contributed by atoms with Crippen molar-refractivity contribution in [2.24, 2.45) is 0 Å². The summed E-state index contributed by atoms with van der Waals surface area (Å²) in [6.45, 7) is -0.559. The molecule has 2 rings (SSSR count). The van der Waals surface area contributed by atoms with Gasteiger partial charge >= 0.3 is 12.0 Å². The Morgan fingerprint density at radius 3 is 2.21 bits per heavy atom. The first-order valence-corrected chi connectivity index (χ1v) is 9.22. The Labute approximate surface area is 169 Å². The number of esters is 1. The van der Waals surface area contributed by atoms with Crippen LogP contribution in [0.5, 0.6) is 17.2 Å². The Morgan fingerprint density at radius 1 is 1.03 bits per heavy atom. The van der Waals surface area contributed by atoms with Crippen LogP contribution in [0.3, 0.4) is 0 Å². The predicted molar refractivity (Wildman–Crippen MR) is 105 cm³/mol. The lowest BCUT2D eigenvalue weighted by Gasteiger charge is -2.12. The Hall–Kier alpha value is -3.23. The number of benzene rings is 1. The first-order valence-electron chi connectivity index (χ1n) is 9.22. The highest BCUT2D eigenvalue weighted by Gasteiger charge is 2.18. The zero-order valence-electron chi connectivity index (χ0n) is 16.8. The molecular weight excluding hydrogens is 380 g/mol. The van der Waals surface area contributed by atoms with E-state index >= 15 is 0 Å². The fraction of sp³-hybridized carbons (Fsp3) is 0.450. The number of nitrogens with one attached hydrogen (secondary N) is 2. The van der Waals surface area contributed by atoms with E-state index in [1.807, 2.05) is 0 Å². The summed E-state index contributed by atoms with van der Waals surface area (Å²) in [6.07, 6.45) is 6.58. The smallest absolute Gasteiger partial charge is 0.331 e. The van der Waals surface area contributed by atoms with E-state index in [1.54, 1.807) is 12.1 Å². The second-order valence-electron chi connectivity index (χ2n) is 6.40. The van der Waals surface area contributed by atoms with Crippen molar-refractivity contribution in [3.05, 3.63) is 23.8 Å². The molecular formula is C20H26N2O7. The van der Waals surface area contributed by atoms with Crippen molar-refractivity contribution < 1.29 is 33.3 Å². The molecule has 9 nitrogen and oxygen atoms in total. The van der Waals surface area contributed by atoms with E-state index in [9.17, 15) is 14.4 Å². The summed E-state index contributed by atoms with van der Waals surface area (Å²) in [6, 6.07) is 2.83. The summed E-state index contributed by atoms with van der Waals surface area (Å²) in [5.74, 6) is -0.123. The predicted octanol–water partition coefficient (Wildman–Crippen LogP) is 2.04. The second kappa shape index (κ2) is 10.9.